The number of hydrogen-bond donors (Lipinski definition) is 1. The number of amides is 1. The van der Waals surface area contributed by atoms with Gasteiger partial charge in [-0.1, -0.05) is 28.1 Å². The Balaban J connectivity index is 1.98. The van der Waals surface area contributed by atoms with Crippen LogP contribution >= 0.6 is 27.3 Å². The van der Waals surface area contributed by atoms with Crippen molar-refractivity contribution >= 4 is 44.1 Å². The molecule has 3 rings (SSSR count). The van der Waals surface area contributed by atoms with Crippen molar-refractivity contribution in [2.75, 3.05) is 11.9 Å². The van der Waals surface area contributed by atoms with Gasteiger partial charge in [0.25, 0.3) is 5.91 Å². The van der Waals surface area contributed by atoms with Crippen molar-refractivity contribution in [2.45, 2.75) is 6.92 Å². The molecule has 2 heterocycles. The van der Waals surface area contributed by atoms with E-state index in [0.29, 0.717) is 16.1 Å². The minimum Gasteiger partial charge on any atom is -0.462 e. The van der Waals surface area contributed by atoms with Crippen molar-refractivity contribution in [2.24, 2.45) is 0 Å². The summed E-state index contributed by atoms with van der Waals surface area (Å²) in [5, 5.41) is 4.97. The Morgan fingerprint density at radius 3 is 2.65 bits per heavy atom. The molecule has 0 spiro atoms. The first kappa shape index (κ1) is 18.2. The second kappa shape index (κ2) is 8.20. The van der Waals surface area contributed by atoms with Crippen molar-refractivity contribution in [3.05, 3.63) is 64.0 Å². The van der Waals surface area contributed by atoms with Crippen LogP contribution in [0.25, 0.3) is 11.1 Å². The highest BCUT2D eigenvalue weighted by Gasteiger charge is 2.23. The lowest BCUT2D eigenvalue weighted by Crippen LogP contribution is -2.16. The topological polar surface area (TPSA) is 81.2 Å². The SMILES string of the molecule is CCOC(=O)c1c(-c2ccc(Br)cc2)csc1NC(=O)c1cnccn1. The summed E-state index contributed by atoms with van der Waals surface area (Å²) < 4.78 is 6.11. The molecule has 8 heteroatoms. The highest BCUT2D eigenvalue weighted by atomic mass is 79.9. The van der Waals surface area contributed by atoms with Gasteiger partial charge in [-0.15, -0.1) is 11.3 Å². The predicted octanol–water partition coefficient (Wildman–Crippen LogP) is 4.40. The van der Waals surface area contributed by atoms with Gasteiger partial charge in [0.15, 0.2) is 0 Å². The molecule has 26 heavy (non-hydrogen) atoms. The van der Waals surface area contributed by atoms with E-state index in [1.165, 1.54) is 29.9 Å². The second-order valence-corrected chi connectivity index (χ2v) is 6.92. The van der Waals surface area contributed by atoms with E-state index in [2.05, 4.69) is 31.2 Å². The molecule has 0 aliphatic heterocycles. The molecule has 0 radical (unpaired) electrons. The largest absolute Gasteiger partial charge is 0.462 e. The third-order valence-corrected chi connectivity index (χ3v) is 4.87. The Morgan fingerprint density at radius 2 is 2.00 bits per heavy atom. The number of ether oxygens (including phenoxy) is 1. The van der Waals surface area contributed by atoms with E-state index < -0.39 is 11.9 Å². The number of benzene rings is 1. The van der Waals surface area contributed by atoms with Crippen LogP contribution in [0.15, 0.2) is 52.7 Å². The monoisotopic (exact) mass is 431 g/mol. The fourth-order valence-electron chi connectivity index (χ4n) is 2.28. The van der Waals surface area contributed by atoms with Gasteiger partial charge in [-0.2, -0.15) is 0 Å². The van der Waals surface area contributed by atoms with Crippen LogP contribution in [0.1, 0.15) is 27.8 Å². The molecule has 1 aromatic carbocycles. The number of carbonyl (C=O) groups is 2. The summed E-state index contributed by atoms with van der Waals surface area (Å²) in [4.78, 5) is 32.7. The van der Waals surface area contributed by atoms with Crippen LogP contribution in [0.3, 0.4) is 0 Å². The predicted molar refractivity (Wildman–Crippen MR) is 103 cm³/mol. The molecule has 0 saturated carbocycles. The molecule has 1 N–H and O–H groups in total. The molecular weight excluding hydrogens is 418 g/mol. The highest BCUT2D eigenvalue weighted by molar-refractivity contribution is 9.10. The molecule has 2 aromatic heterocycles. The summed E-state index contributed by atoms with van der Waals surface area (Å²) in [7, 11) is 0. The van der Waals surface area contributed by atoms with Gasteiger partial charge in [-0.25, -0.2) is 9.78 Å². The Morgan fingerprint density at radius 1 is 1.23 bits per heavy atom. The normalized spacial score (nSPS) is 10.4. The number of esters is 1. The summed E-state index contributed by atoms with van der Waals surface area (Å²) >= 11 is 4.65. The molecule has 132 valence electrons. The van der Waals surface area contributed by atoms with Crippen molar-refractivity contribution in [1.29, 1.82) is 0 Å². The molecule has 0 atom stereocenters. The van der Waals surface area contributed by atoms with E-state index in [4.69, 9.17) is 4.74 Å². The van der Waals surface area contributed by atoms with Crippen LogP contribution < -0.4 is 5.32 Å². The Kier molecular flexibility index (Phi) is 5.75. The Bertz CT molecular complexity index is 927. The standard InChI is InChI=1S/C18H14BrN3O3S/c1-2-25-18(24)15-13(11-3-5-12(19)6-4-11)10-26-17(15)22-16(23)14-9-20-7-8-21-14/h3-10H,2H2,1H3,(H,22,23). The lowest BCUT2D eigenvalue weighted by molar-refractivity contribution is 0.0529. The molecular formula is C18H14BrN3O3S. The Hall–Kier alpha value is -2.58. The first-order valence-electron chi connectivity index (χ1n) is 7.72. The van der Waals surface area contributed by atoms with E-state index in [-0.39, 0.29) is 12.3 Å². The van der Waals surface area contributed by atoms with Gasteiger partial charge < -0.3 is 10.1 Å². The maximum absolute atomic E-state index is 12.5. The molecule has 6 nitrogen and oxygen atoms in total. The van der Waals surface area contributed by atoms with Crippen LogP contribution in [0.5, 0.6) is 0 Å². The summed E-state index contributed by atoms with van der Waals surface area (Å²) in [6.45, 7) is 1.98. The summed E-state index contributed by atoms with van der Waals surface area (Å²) in [5.74, 6) is -0.922. The lowest BCUT2D eigenvalue weighted by Gasteiger charge is -2.08. The summed E-state index contributed by atoms with van der Waals surface area (Å²) in [6, 6.07) is 7.56. The van der Waals surface area contributed by atoms with Crippen LogP contribution in [0, 0.1) is 0 Å². The molecule has 0 aliphatic rings. The Labute approximate surface area is 162 Å². The minimum absolute atomic E-state index is 0.168. The van der Waals surface area contributed by atoms with Crippen molar-refractivity contribution in [1.82, 2.24) is 9.97 Å². The minimum atomic E-state index is -0.485. The first-order chi connectivity index (χ1) is 12.6. The van der Waals surface area contributed by atoms with E-state index in [9.17, 15) is 9.59 Å². The number of thiophene rings is 1. The molecule has 0 unspecified atom stereocenters. The summed E-state index contributed by atoms with van der Waals surface area (Å²) in [5.41, 5.74) is 2.06. The number of nitrogens with one attached hydrogen (secondary N) is 1. The van der Waals surface area contributed by atoms with Gasteiger partial charge in [0.05, 0.1) is 12.8 Å². The number of hydrogen-bond acceptors (Lipinski definition) is 6. The molecule has 0 aliphatic carbocycles. The number of anilines is 1. The smallest absolute Gasteiger partial charge is 0.341 e. The van der Waals surface area contributed by atoms with Crippen LogP contribution in [0.2, 0.25) is 0 Å². The lowest BCUT2D eigenvalue weighted by atomic mass is 10.0. The molecule has 0 saturated heterocycles. The van der Waals surface area contributed by atoms with Crippen molar-refractivity contribution in [3.8, 4) is 11.1 Å². The zero-order valence-corrected chi connectivity index (χ0v) is 16.1. The maximum atomic E-state index is 12.5. The fraction of sp³-hybridized carbons (Fsp3) is 0.111. The van der Waals surface area contributed by atoms with Crippen LogP contribution in [-0.4, -0.2) is 28.5 Å². The van der Waals surface area contributed by atoms with Crippen LogP contribution in [-0.2, 0) is 4.74 Å². The van der Waals surface area contributed by atoms with Gasteiger partial charge in [0.1, 0.15) is 16.3 Å². The van der Waals surface area contributed by atoms with E-state index in [0.717, 1.165) is 10.0 Å². The highest BCUT2D eigenvalue weighted by Crippen LogP contribution is 2.36. The van der Waals surface area contributed by atoms with Gasteiger partial charge in [-0.05, 0) is 24.6 Å². The van der Waals surface area contributed by atoms with E-state index >= 15 is 0 Å². The number of carbonyl (C=O) groups excluding carboxylic acids is 2. The number of nitrogens with zero attached hydrogens (tertiary/aromatic N) is 2. The van der Waals surface area contributed by atoms with Gasteiger partial charge in [0, 0.05) is 27.8 Å². The average molecular weight is 432 g/mol. The van der Waals surface area contributed by atoms with E-state index in [1.807, 2.05) is 29.6 Å². The first-order valence-corrected chi connectivity index (χ1v) is 9.39. The van der Waals surface area contributed by atoms with Crippen molar-refractivity contribution < 1.29 is 14.3 Å². The maximum Gasteiger partial charge on any atom is 0.341 e. The molecule has 0 bridgehead atoms. The van der Waals surface area contributed by atoms with E-state index in [1.54, 1.807) is 6.92 Å². The summed E-state index contributed by atoms with van der Waals surface area (Å²) in [6.07, 6.45) is 4.28. The van der Waals surface area contributed by atoms with Crippen molar-refractivity contribution in [3.63, 3.8) is 0 Å². The van der Waals surface area contributed by atoms with Gasteiger partial charge in [-0.3, -0.25) is 9.78 Å². The fourth-order valence-corrected chi connectivity index (χ4v) is 3.50. The number of halogens is 1. The van der Waals surface area contributed by atoms with Gasteiger partial charge in [0.2, 0.25) is 0 Å². The second-order valence-electron chi connectivity index (χ2n) is 5.13. The third-order valence-electron chi connectivity index (χ3n) is 3.45. The quantitative estimate of drug-likeness (QED) is 0.605. The number of aromatic nitrogens is 2. The average Bonchev–Trinajstić information content (AvgIpc) is 3.07. The van der Waals surface area contributed by atoms with Gasteiger partial charge >= 0.3 is 5.97 Å². The van der Waals surface area contributed by atoms with Crippen LogP contribution in [0.4, 0.5) is 5.00 Å². The molecule has 1 amide bonds. The zero-order valence-electron chi connectivity index (χ0n) is 13.7. The zero-order chi connectivity index (χ0) is 18.5. The number of rotatable bonds is 5. The molecule has 3 aromatic rings. The third kappa shape index (κ3) is 3.97. The molecule has 0 fully saturated rings.